The molecular weight excluding hydrogens is 394 g/mol. The SMILES string of the molecule is CC[C@@H](C)c1ccc([C@@H]([NH2+][C@H](C(=O)NC(N)=O)c2ccccc2)c2cccs2)cc1. The van der Waals surface area contributed by atoms with Gasteiger partial charge in [-0.25, -0.2) is 4.79 Å². The van der Waals surface area contributed by atoms with E-state index in [1.165, 1.54) is 5.56 Å². The van der Waals surface area contributed by atoms with Crippen LogP contribution in [0.15, 0.2) is 72.1 Å². The minimum absolute atomic E-state index is 0.0835. The Bertz CT molecular complexity index is 956. The van der Waals surface area contributed by atoms with Crippen LogP contribution >= 0.6 is 11.3 Å². The molecule has 0 saturated heterocycles. The topological polar surface area (TPSA) is 88.8 Å². The second-order valence-corrected chi connectivity index (χ2v) is 8.38. The van der Waals surface area contributed by atoms with Gasteiger partial charge in [0.25, 0.3) is 5.91 Å². The summed E-state index contributed by atoms with van der Waals surface area (Å²) in [6, 6.07) is 20.6. The number of carbonyl (C=O) groups is 2. The third kappa shape index (κ3) is 5.34. The Hall–Kier alpha value is -2.96. The maximum Gasteiger partial charge on any atom is 0.319 e. The molecule has 0 aliphatic heterocycles. The molecule has 0 bridgehead atoms. The van der Waals surface area contributed by atoms with Crippen molar-refractivity contribution in [2.45, 2.75) is 38.3 Å². The van der Waals surface area contributed by atoms with Crippen LogP contribution in [-0.4, -0.2) is 11.9 Å². The van der Waals surface area contributed by atoms with Gasteiger partial charge in [-0.05, 0) is 29.3 Å². The fraction of sp³-hybridized carbons (Fsp3) is 0.250. The lowest BCUT2D eigenvalue weighted by Gasteiger charge is -2.22. The van der Waals surface area contributed by atoms with Gasteiger partial charge in [0.15, 0.2) is 6.04 Å². The molecule has 0 unspecified atom stereocenters. The van der Waals surface area contributed by atoms with E-state index in [4.69, 9.17) is 5.73 Å². The number of hydrogen-bond donors (Lipinski definition) is 3. The minimum atomic E-state index is -0.847. The summed E-state index contributed by atoms with van der Waals surface area (Å²) in [5.74, 6) is 0.0770. The van der Waals surface area contributed by atoms with Crippen molar-refractivity contribution in [3.8, 4) is 0 Å². The van der Waals surface area contributed by atoms with E-state index in [1.54, 1.807) is 11.3 Å². The van der Waals surface area contributed by atoms with Gasteiger partial charge >= 0.3 is 6.03 Å². The van der Waals surface area contributed by atoms with Gasteiger partial charge in [-0.15, -0.1) is 11.3 Å². The summed E-state index contributed by atoms with van der Waals surface area (Å²) in [7, 11) is 0. The highest BCUT2D eigenvalue weighted by atomic mass is 32.1. The maximum atomic E-state index is 12.8. The van der Waals surface area contributed by atoms with E-state index in [0.717, 1.165) is 22.4 Å². The highest BCUT2D eigenvalue weighted by molar-refractivity contribution is 7.10. The molecule has 3 rings (SSSR count). The summed E-state index contributed by atoms with van der Waals surface area (Å²) in [5.41, 5.74) is 8.45. The number of nitrogens with two attached hydrogens (primary N) is 2. The van der Waals surface area contributed by atoms with Crippen LogP contribution in [0.4, 0.5) is 4.79 Å². The number of imide groups is 1. The third-order valence-corrected chi connectivity index (χ3v) is 6.35. The molecule has 5 nitrogen and oxygen atoms in total. The van der Waals surface area contributed by atoms with Gasteiger partial charge < -0.3 is 11.1 Å². The Morgan fingerprint density at radius 3 is 2.20 bits per heavy atom. The minimum Gasteiger partial charge on any atom is -0.351 e. The number of rotatable bonds is 8. The summed E-state index contributed by atoms with van der Waals surface area (Å²) >= 11 is 1.65. The lowest BCUT2D eigenvalue weighted by Crippen LogP contribution is -2.88. The molecule has 156 valence electrons. The highest BCUT2D eigenvalue weighted by Gasteiger charge is 2.31. The van der Waals surface area contributed by atoms with Crippen molar-refractivity contribution in [3.05, 3.63) is 93.7 Å². The Morgan fingerprint density at radius 1 is 0.967 bits per heavy atom. The second-order valence-electron chi connectivity index (χ2n) is 7.40. The normalized spacial score (nSPS) is 13.9. The fourth-order valence-corrected chi connectivity index (χ4v) is 4.34. The number of hydrogen-bond acceptors (Lipinski definition) is 3. The smallest absolute Gasteiger partial charge is 0.319 e. The van der Waals surface area contributed by atoms with Crippen LogP contribution in [0.25, 0.3) is 0 Å². The van der Waals surface area contributed by atoms with Gasteiger partial charge in [-0.2, -0.15) is 0 Å². The van der Waals surface area contributed by atoms with Gasteiger partial charge in [0.05, 0.1) is 4.88 Å². The number of primary amides is 1. The summed E-state index contributed by atoms with van der Waals surface area (Å²) in [6.45, 7) is 4.40. The average molecular weight is 423 g/mol. The van der Waals surface area contributed by atoms with Crippen molar-refractivity contribution < 1.29 is 14.9 Å². The summed E-state index contributed by atoms with van der Waals surface area (Å²) < 4.78 is 0. The van der Waals surface area contributed by atoms with Crippen molar-refractivity contribution in [3.63, 3.8) is 0 Å². The molecule has 0 aliphatic carbocycles. The van der Waals surface area contributed by atoms with Crippen molar-refractivity contribution in [1.82, 2.24) is 5.32 Å². The number of quaternary nitrogens is 1. The quantitative estimate of drug-likeness (QED) is 0.515. The van der Waals surface area contributed by atoms with Crippen LogP contribution in [0.2, 0.25) is 0 Å². The van der Waals surface area contributed by atoms with E-state index in [9.17, 15) is 9.59 Å². The van der Waals surface area contributed by atoms with Crippen LogP contribution in [0, 0.1) is 0 Å². The van der Waals surface area contributed by atoms with E-state index in [1.807, 2.05) is 47.1 Å². The average Bonchev–Trinajstić information content (AvgIpc) is 3.28. The lowest BCUT2D eigenvalue weighted by atomic mass is 9.95. The summed E-state index contributed by atoms with van der Waals surface area (Å²) in [6.07, 6.45) is 1.09. The van der Waals surface area contributed by atoms with Crippen LogP contribution in [-0.2, 0) is 4.79 Å². The van der Waals surface area contributed by atoms with Crippen molar-refractivity contribution in [2.24, 2.45) is 5.73 Å². The molecule has 0 saturated carbocycles. The highest BCUT2D eigenvalue weighted by Crippen LogP contribution is 2.26. The molecule has 0 aliphatic rings. The Labute approximate surface area is 181 Å². The third-order valence-electron chi connectivity index (χ3n) is 5.40. The molecule has 5 N–H and O–H groups in total. The first-order chi connectivity index (χ1) is 14.5. The molecule has 3 amide bonds. The van der Waals surface area contributed by atoms with E-state index in [0.29, 0.717) is 5.92 Å². The molecule has 3 aromatic rings. The molecule has 2 aromatic carbocycles. The first-order valence-electron chi connectivity index (χ1n) is 10.1. The first kappa shape index (κ1) is 21.7. The lowest BCUT2D eigenvalue weighted by molar-refractivity contribution is -0.713. The molecule has 6 heteroatoms. The summed E-state index contributed by atoms with van der Waals surface area (Å²) in [4.78, 5) is 25.3. The molecule has 0 radical (unpaired) electrons. The van der Waals surface area contributed by atoms with Crippen molar-refractivity contribution in [2.75, 3.05) is 0 Å². The number of amides is 3. The van der Waals surface area contributed by atoms with Crippen LogP contribution in [0.3, 0.4) is 0 Å². The predicted molar refractivity (Wildman–Crippen MR) is 120 cm³/mol. The number of urea groups is 1. The van der Waals surface area contributed by atoms with Crippen molar-refractivity contribution in [1.29, 1.82) is 0 Å². The van der Waals surface area contributed by atoms with Gasteiger partial charge in [0.2, 0.25) is 0 Å². The zero-order valence-electron chi connectivity index (χ0n) is 17.2. The second kappa shape index (κ2) is 10.2. The molecule has 1 aromatic heterocycles. The largest absolute Gasteiger partial charge is 0.351 e. The molecule has 1 heterocycles. The number of carbonyl (C=O) groups excluding carboxylic acids is 2. The van der Waals surface area contributed by atoms with E-state index >= 15 is 0 Å². The molecule has 0 spiro atoms. The zero-order chi connectivity index (χ0) is 21.5. The van der Waals surface area contributed by atoms with Gasteiger partial charge in [-0.1, -0.05) is 74.5 Å². The van der Waals surface area contributed by atoms with Crippen LogP contribution in [0.5, 0.6) is 0 Å². The predicted octanol–water partition coefficient (Wildman–Crippen LogP) is 3.85. The summed E-state index contributed by atoms with van der Waals surface area (Å²) in [5, 5.41) is 6.28. The number of benzene rings is 2. The monoisotopic (exact) mass is 422 g/mol. The molecule has 0 fully saturated rings. The number of thiophene rings is 1. The fourth-order valence-electron chi connectivity index (χ4n) is 3.51. The molecule has 30 heavy (non-hydrogen) atoms. The van der Waals surface area contributed by atoms with Crippen LogP contribution in [0.1, 0.15) is 59.8 Å². The zero-order valence-corrected chi connectivity index (χ0v) is 18.1. The Balaban J connectivity index is 1.96. The maximum absolute atomic E-state index is 12.8. The standard InChI is InChI=1S/C24H27N3O2S/c1-3-16(2)17-11-13-19(14-12-17)21(20-10-7-15-30-20)26-22(23(28)27-24(25)29)18-8-5-4-6-9-18/h4-16,21-22,26H,3H2,1-2H3,(H3,25,27,28,29)/p+1/t16-,21-,22+/m1/s1. The van der Waals surface area contributed by atoms with E-state index in [2.05, 4.69) is 49.5 Å². The Kier molecular flexibility index (Phi) is 7.38. The van der Waals surface area contributed by atoms with Crippen molar-refractivity contribution >= 4 is 23.3 Å². The van der Waals surface area contributed by atoms with Gasteiger partial charge in [-0.3, -0.25) is 10.1 Å². The van der Waals surface area contributed by atoms with E-state index < -0.39 is 18.0 Å². The Morgan fingerprint density at radius 2 is 1.63 bits per heavy atom. The first-order valence-corrected chi connectivity index (χ1v) is 11.0. The van der Waals surface area contributed by atoms with Gasteiger partial charge in [0.1, 0.15) is 6.04 Å². The molecule has 3 atom stereocenters. The number of nitrogens with one attached hydrogen (secondary N) is 1. The molecular formula is C24H28N3O2S+. The van der Waals surface area contributed by atoms with Gasteiger partial charge in [0, 0.05) is 11.1 Å². The van der Waals surface area contributed by atoms with Crippen LogP contribution < -0.4 is 16.4 Å². The van der Waals surface area contributed by atoms with E-state index in [-0.39, 0.29) is 6.04 Å².